The van der Waals surface area contributed by atoms with E-state index in [0.29, 0.717) is 5.71 Å². The molecule has 0 fully saturated rings. The Labute approximate surface area is 273 Å². The van der Waals surface area contributed by atoms with Crippen molar-refractivity contribution < 1.29 is 36.9 Å². The van der Waals surface area contributed by atoms with E-state index in [4.69, 9.17) is 9.98 Å². The fraction of sp³-hybridized carbons (Fsp3) is 0.278. The molecule has 8 nitrogen and oxygen atoms in total. The largest absolute Gasteiger partial charge is 2.00 e. The van der Waals surface area contributed by atoms with E-state index >= 15 is 0 Å². The van der Waals surface area contributed by atoms with Gasteiger partial charge >= 0.3 is 29.0 Å². The van der Waals surface area contributed by atoms with Crippen molar-refractivity contribution in [1.82, 2.24) is 10.3 Å². The van der Waals surface area contributed by atoms with Gasteiger partial charge in [-0.2, -0.15) is 0 Å². The van der Waals surface area contributed by atoms with Gasteiger partial charge in [-0.25, -0.2) is 4.99 Å². The molecule has 232 valence electrons. The van der Waals surface area contributed by atoms with Gasteiger partial charge < -0.3 is 15.2 Å². The van der Waals surface area contributed by atoms with Crippen LogP contribution in [-0.2, 0) is 26.7 Å². The van der Waals surface area contributed by atoms with Crippen molar-refractivity contribution in [3.05, 3.63) is 120 Å². The van der Waals surface area contributed by atoms with Crippen LogP contribution < -0.4 is 16.0 Å². The van der Waals surface area contributed by atoms with Gasteiger partial charge in [0.1, 0.15) is 0 Å². The summed E-state index contributed by atoms with van der Waals surface area (Å²) >= 11 is 0. The van der Waals surface area contributed by atoms with Crippen LogP contribution in [0.4, 0.5) is 0 Å². The van der Waals surface area contributed by atoms with Crippen LogP contribution in [0.25, 0.3) is 12.2 Å². The number of hydrogen-bond acceptors (Lipinski definition) is 5. The van der Waals surface area contributed by atoms with Gasteiger partial charge in [0.05, 0.1) is 33.7 Å². The maximum absolute atomic E-state index is 12.1. The fourth-order valence-electron chi connectivity index (χ4n) is 7.26. The second-order valence-electron chi connectivity index (χ2n) is 11.6. The van der Waals surface area contributed by atoms with Crippen molar-refractivity contribution in [2.75, 3.05) is 0 Å². The van der Waals surface area contributed by atoms with Crippen LogP contribution in [0.2, 0.25) is 0 Å². The molecule has 4 aliphatic rings. The minimum absolute atomic E-state index is 0. The van der Waals surface area contributed by atoms with Crippen molar-refractivity contribution in [3.63, 3.8) is 0 Å². The summed E-state index contributed by atoms with van der Waals surface area (Å²) in [5.74, 6) is -2.36. The first-order chi connectivity index (χ1) is 21.0. The predicted molar refractivity (Wildman–Crippen MR) is 176 cm³/mol. The van der Waals surface area contributed by atoms with Gasteiger partial charge in [-0.05, 0) is 84.6 Å². The summed E-state index contributed by atoms with van der Waals surface area (Å²) in [5, 5.41) is 25.1. The minimum atomic E-state index is -1.09. The maximum atomic E-state index is 12.1. The number of nitrogens with one attached hydrogen (secondary N) is 2. The van der Waals surface area contributed by atoms with E-state index in [0.717, 1.165) is 44.4 Å². The molecule has 0 radical (unpaired) electrons. The van der Waals surface area contributed by atoms with Crippen LogP contribution in [0.3, 0.4) is 0 Å². The Morgan fingerprint density at radius 2 is 1.64 bits per heavy atom. The summed E-state index contributed by atoms with van der Waals surface area (Å²) in [5.41, 5.74) is 2.41. The van der Waals surface area contributed by atoms with E-state index in [1.807, 2.05) is 62.4 Å². The number of rotatable bonds is 10. The molecule has 0 amide bonds. The number of aliphatic carboxylic acids is 2. The van der Waals surface area contributed by atoms with Gasteiger partial charge in [-0.15, -0.1) is 13.2 Å². The normalized spacial score (nSPS) is 30.9. The van der Waals surface area contributed by atoms with Crippen LogP contribution in [0.15, 0.2) is 119 Å². The number of aromatic amines is 1. The average Bonchev–Trinajstić information content (AvgIpc) is 3.75. The Morgan fingerprint density at radius 1 is 0.978 bits per heavy atom. The molecular formula is C36H38FeN4O4+2. The summed E-state index contributed by atoms with van der Waals surface area (Å²) in [6, 6.07) is 3.90. The molecule has 5 heterocycles. The number of H-pyrrole nitrogens is 1. The Kier molecular flexibility index (Phi) is 9.40. The Bertz CT molecular complexity index is 1820. The molecule has 1 aromatic heterocycles. The molecule has 45 heavy (non-hydrogen) atoms. The number of carboxylic acids is 2. The average molecular weight is 647 g/mol. The molecule has 0 spiro atoms. The number of carbonyl (C=O) groups is 2. The SMILES string of the molecule is C=CC1=C(C=C)C2(C=C)NC1(C=C)/C=C1/C=CC(=N1)/C=c1/cc/c([nH]1)=C/C1=NC(CCC(=O)O)(C(CCC(=O)O)=C1C)C2C.[Fe+2]. The van der Waals surface area contributed by atoms with Gasteiger partial charge in [0, 0.05) is 29.5 Å². The molecule has 0 saturated heterocycles. The summed E-state index contributed by atoms with van der Waals surface area (Å²) in [6.45, 7) is 20.8. The molecule has 9 heteroatoms. The standard InChI is InChI=1S/C36H38N4O4.Fe/c1-7-28-29(8-2)35(10-4)23(6)36(18-17-33(43)44)30(15-16-32(41)42)22(5)31(39-36)20-26-12-11-24(37-26)19-25-13-14-27(38-25)21-34(28,9-3)40-35;/h7-14,19-21,23,37,40H,1-4,15-18H2,5-6H3,(H,41,42)(H,43,44);/q;+2/b24-19-,26-20-,27-21-;. The van der Waals surface area contributed by atoms with Crippen molar-refractivity contribution in [3.8, 4) is 0 Å². The van der Waals surface area contributed by atoms with E-state index in [9.17, 15) is 19.8 Å². The van der Waals surface area contributed by atoms with Crippen molar-refractivity contribution >= 4 is 35.5 Å². The zero-order chi connectivity index (χ0) is 31.9. The molecule has 1 aromatic rings. The van der Waals surface area contributed by atoms with Crippen LogP contribution >= 0.6 is 0 Å². The first-order valence-corrected chi connectivity index (χ1v) is 14.7. The second-order valence-corrected chi connectivity index (χ2v) is 11.6. The van der Waals surface area contributed by atoms with Gasteiger partial charge in [0.2, 0.25) is 0 Å². The number of fused-ring (bicyclic) bond motifs is 6. The van der Waals surface area contributed by atoms with E-state index in [2.05, 4.69) is 36.6 Å². The zero-order valence-corrected chi connectivity index (χ0v) is 26.6. The Hall–Kier alpha value is -4.30. The Morgan fingerprint density at radius 3 is 2.24 bits per heavy atom. The molecule has 4 unspecified atom stereocenters. The van der Waals surface area contributed by atoms with Gasteiger partial charge in [-0.3, -0.25) is 19.9 Å². The van der Waals surface area contributed by atoms with E-state index in [1.54, 1.807) is 18.2 Å². The number of aliphatic imine (C=N–C) groups is 2. The number of hydrogen-bond donors (Lipinski definition) is 4. The van der Waals surface area contributed by atoms with E-state index in [-0.39, 0.29) is 42.8 Å². The van der Waals surface area contributed by atoms with E-state index in [1.165, 1.54) is 0 Å². The maximum Gasteiger partial charge on any atom is 2.00 e. The topological polar surface area (TPSA) is 127 Å². The van der Waals surface area contributed by atoms with Gasteiger partial charge in [0.25, 0.3) is 0 Å². The zero-order valence-electron chi connectivity index (χ0n) is 25.5. The van der Waals surface area contributed by atoms with Crippen LogP contribution in [0.1, 0.15) is 39.5 Å². The number of nitrogens with zero attached hydrogens (tertiary/aromatic N) is 2. The first kappa shape index (κ1) is 33.6. The minimum Gasteiger partial charge on any atom is -0.481 e. The van der Waals surface area contributed by atoms with E-state index < -0.39 is 34.5 Å². The molecular weight excluding hydrogens is 608 g/mol. The van der Waals surface area contributed by atoms with Crippen LogP contribution in [-0.4, -0.2) is 55.2 Å². The molecule has 0 saturated carbocycles. The first-order valence-electron chi connectivity index (χ1n) is 14.7. The van der Waals surface area contributed by atoms with Crippen LogP contribution in [0.5, 0.6) is 0 Å². The third-order valence-electron chi connectivity index (χ3n) is 9.42. The quantitative estimate of drug-likeness (QED) is 0.220. The number of allylic oxidation sites excluding steroid dienone is 3. The molecule has 4 N–H and O–H groups in total. The number of aromatic nitrogens is 1. The molecule has 4 atom stereocenters. The summed E-state index contributed by atoms with van der Waals surface area (Å²) in [7, 11) is 0. The monoisotopic (exact) mass is 646 g/mol. The molecule has 0 aromatic carbocycles. The van der Waals surface area contributed by atoms with Crippen molar-refractivity contribution in [1.29, 1.82) is 0 Å². The third kappa shape index (κ3) is 5.56. The second kappa shape index (κ2) is 12.6. The van der Waals surface area contributed by atoms with Gasteiger partial charge in [0.15, 0.2) is 0 Å². The smallest absolute Gasteiger partial charge is 0.481 e. The molecule has 4 aliphatic heterocycles. The molecule has 0 aliphatic carbocycles. The summed E-state index contributed by atoms with van der Waals surface area (Å²) in [4.78, 5) is 37.6. The predicted octanol–water partition coefficient (Wildman–Crippen LogP) is 4.48. The number of carboxylic acid groups (broad SMARTS) is 2. The Balaban J connectivity index is 0.00000461. The van der Waals surface area contributed by atoms with Gasteiger partial charge in [-0.1, -0.05) is 44.4 Å². The fourth-order valence-corrected chi connectivity index (χ4v) is 7.26. The third-order valence-corrected chi connectivity index (χ3v) is 9.42. The van der Waals surface area contributed by atoms with Crippen molar-refractivity contribution in [2.45, 2.75) is 56.1 Å². The summed E-state index contributed by atoms with van der Waals surface area (Å²) in [6.07, 6.45) is 17.0. The van der Waals surface area contributed by atoms with Crippen molar-refractivity contribution in [2.24, 2.45) is 15.9 Å². The summed E-state index contributed by atoms with van der Waals surface area (Å²) < 4.78 is 0. The molecule has 8 bridgehead atoms. The molecule has 5 rings (SSSR count). The van der Waals surface area contributed by atoms with Crippen LogP contribution in [0, 0.1) is 5.92 Å².